The fourth-order valence-electron chi connectivity index (χ4n) is 2.91. The van der Waals surface area contributed by atoms with Crippen molar-refractivity contribution in [1.82, 2.24) is 9.47 Å². The summed E-state index contributed by atoms with van der Waals surface area (Å²) in [6.07, 6.45) is 5.38. The lowest BCUT2D eigenvalue weighted by molar-refractivity contribution is -0.132. The number of aryl methyl sites for hydroxylation is 1. The number of piperidine rings is 1. The van der Waals surface area contributed by atoms with Gasteiger partial charge >= 0.3 is 0 Å². The van der Waals surface area contributed by atoms with Gasteiger partial charge in [-0.25, -0.2) is 0 Å². The van der Waals surface area contributed by atoms with Gasteiger partial charge in [-0.1, -0.05) is 17.7 Å². The molecule has 2 heterocycles. The molecule has 1 amide bonds. The molecule has 2 aromatic rings. The number of nitrogens with zero attached hydrogens (tertiary/aromatic N) is 2. The van der Waals surface area contributed by atoms with Crippen LogP contribution in [0.1, 0.15) is 18.4 Å². The summed E-state index contributed by atoms with van der Waals surface area (Å²) in [6.45, 7) is 4.03. The Morgan fingerprint density at radius 3 is 2.54 bits per heavy atom. The molecule has 24 heavy (non-hydrogen) atoms. The van der Waals surface area contributed by atoms with Crippen LogP contribution in [0.5, 0.6) is 0 Å². The van der Waals surface area contributed by atoms with E-state index in [9.17, 15) is 9.59 Å². The summed E-state index contributed by atoms with van der Waals surface area (Å²) in [4.78, 5) is 26.7. The molecule has 0 saturated carbocycles. The van der Waals surface area contributed by atoms with E-state index in [2.05, 4.69) is 31.2 Å². The maximum atomic E-state index is 12.4. The van der Waals surface area contributed by atoms with E-state index in [-0.39, 0.29) is 11.3 Å². The highest BCUT2D eigenvalue weighted by atomic mass is 32.2. The minimum atomic E-state index is -0.0345. The average molecular weight is 342 g/mol. The minimum Gasteiger partial charge on any atom is -0.345 e. The molecule has 1 aromatic carbocycles. The first kappa shape index (κ1) is 16.8. The van der Waals surface area contributed by atoms with Crippen molar-refractivity contribution >= 4 is 17.7 Å². The Hall–Kier alpha value is -2.01. The molecule has 1 fully saturated rings. The zero-order valence-corrected chi connectivity index (χ0v) is 14.7. The van der Waals surface area contributed by atoms with Gasteiger partial charge in [0.05, 0.1) is 0 Å². The van der Waals surface area contributed by atoms with E-state index in [4.69, 9.17) is 0 Å². The first-order valence-corrected chi connectivity index (χ1v) is 9.15. The molecule has 0 aliphatic carbocycles. The van der Waals surface area contributed by atoms with Gasteiger partial charge in [0, 0.05) is 47.8 Å². The Labute approximate surface area is 146 Å². The summed E-state index contributed by atoms with van der Waals surface area (Å²) in [5.74, 6) is 0.123. The van der Waals surface area contributed by atoms with E-state index in [1.165, 1.54) is 22.6 Å². The Morgan fingerprint density at radius 1 is 1.17 bits per heavy atom. The lowest BCUT2D eigenvalue weighted by Gasteiger charge is -2.32. The highest BCUT2D eigenvalue weighted by molar-refractivity contribution is 8.00. The van der Waals surface area contributed by atoms with Crippen molar-refractivity contribution in [1.29, 1.82) is 0 Å². The van der Waals surface area contributed by atoms with Gasteiger partial charge in [0.2, 0.25) is 5.91 Å². The van der Waals surface area contributed by atoms with Crippen molar-refractivity contribution in [2.75, 3.05) is 13.1 Å². The summed E-state index contributed by atoms with van der Waals surface area (Å²) in [6, 6.07) is 11.6. The largest absolute Gasteiger partial charge is 0.345 e. The Kier molecular flexibility index (Phi) is 5.41. The molecule has 1 aliphatic rings. The number of amides is 1. The number of carbonyl (C=O) groups excluding carboxylic acids is 1. The Bertz CT molecular complexity index is 743. The first-order chi connectivity index (χ1) is 11.6. The second-order valence-electron chi connectivity index (χ2n) is 6.22. The zero-order valence-electron chi connectivity index (χ0n) is 13.9. The van der Waals surface area contributed by atoms with Crippen LogP contribution >= 0.6 is 11.8 Å². The van der Waals surface area contributed by atoms with E-state index in [0.717, 1.165) is 25.9 Å². The van der Waals surface area contributed by atoms with Crippen LogP contribution in [-0.2, 0) is 11.3 Å². The fraction of sp³-hybridized carbons (Fsp3) is 0.368. The standard InChI is InChI=1S/C19H22N2O2S/c1-15-3-2-4-18(13-15)24-17-7-11-21(12-8-17)19(23)14-20-9-5-16(22)6-10-20/h2-6,9-10,13,17H,7-8,11-12,14H2,1H3. The number of benzene rings is 1. The van der Waals surface area contributed by atoms with E-state index in [1.54, 1.807) is 17.0 Å². The number of rotatable bonds is 4. The summed E-state index contributed by atoms with van der Waals surface area (Å²) in [7, 11) is 0. The van der Waals surface area contributed by atoms with E-state index < -0.39 is 0 Å². The average Bonchev–Trinajstić information content (AvgIpc) is 2.57. The predicted octanol–water partition coefficient (Wildman–Crippen LogP) is 2.94. The van der Waals surface area contributed by atoms with Gasteiger partial charge in [-0.15, -0.1) is 11.8 Å². The monoisotopic (exact) mass is 342 g/mol. The molecule has 0 bridgehead atoms. The zero-order chi connectivity index (χ0) is 16.9. The molecule has 4 nitrogen and oxygen atoms in total. The minimum absolute atomic E-state index is 0.0345. The molecule has 126 valence electrons. The topological polar surface area (TPSA) is 42.3 Å². The van der Waals surface area contributed by atoms with E-state index in [1.807, 2.05) is 16.7 Å². The third-order valence-corrected chi connectivity index (χ3v) is 5.60. The molecule has 0 atom stereocenters. The van der Waals surface area contributed by atoms with Gasteiger partial charge in [0.1, 0.15) is 6.54 Å². The lowest BCUT2D eigenvalue weighted by Crippen LogP contribution is -2.41. The molecule has 0 radical (unpaired) electrons. The van der Waals surface area contributed by atoms with Crippen LogP contribution in [0.2, 0.25) is 0 Å². The van der Waals surface area contributed by atoms with Crippen molar-refractivity contribution in [2.24, 2.45) is 0 Å². The summed E-state index contributed by atoms with van der Waals surface area (Å²) in [5, 5.41) is 0.572. The third-order valence-electron chi connectivity index (χ3n) is 4.27. The van der Waals surface area contributed by atoms with E-state index >= 15 is 0 Å². The number of thioether (sulfide) groups is 1. The molecule has 3 rings (SSSR count). The molecule has 1 saturated heterocycles. The number of pyridine rings is 1. The van der Waals surface area contributed by atoms with Crippen LogP contribution in [0, 0.1) is 6.92 Å². The highest BCUT2D eigenvalue weighted by Gasteiger charge is 2.23. The quantitative estimate of drug-likeness (QED) is 0.858. The summed E-state index contributed by atoms with van der Waals surface area (Å²) in [5.41, 5.74) is 1.25. The third kappa shape index (κ3) is 4.51. The Balaban J connectivity index is 1.50. The molecule has 0 spiro atoms. The maximum Gasteiger partial charge on any atom is 0.242 e. The van der Waals surface area contributed by atoms with Crippen LogP contribution in [-0.4, -0.2) is 33.7 Å². The second kappa shape index (κ2) is 7.71. The number of carbonyl (C=O) groups is 1. The molecular weight excluding hydrogens is 320 g/mol. The van der Waals surface area contributed by atoms with Crippen LogP contribution in [0.15, 0.2) is 58.5 Å². The van der Waals surface area contributed by atoms with Crippen LogP contribution < -0.4 is 5.43 Å². The molecule has 1 aliphatic heterocycles. The molecular formula is C19H22N2O2S. The van der Waals surface area contributed by atoms with Crippen molar-refractivity contribution < 1.29 is 4.79 Å². The van der Waals surface area contributed by atoms with Gasteiger partial charge in [-0.3, -0.25) is 9.59 Å². The van der Waals surface area contributed by atoms with Gasteiger partial charge < -0.3 is 9.47 Å². The van der Waals surface area contributed by atoms with Crippen LogP contribution in [0.25, 0.3) is 0 Å². The Morgan fingerprint density at radius 2 is 1.88 bits per heavy atom. The van der Waals surface area contributed by atoms with E-state index in [0.29, 0.717) is 11.8 Å². The fourth-order valence-corrected chi connectivity index (χ4v) is 4.15. The molecule has 0 unspecified atom stereocenters. The summed E-state index contributed by atoms with van der Waals surface area (Å²) < 4.78 is 1.76. The van der Waals surface area contributed by atoms with Gasteiger partial charge in [0.15, 0.2) is 5.43 Å². The number of hydrogen-bond acceptors (Lipinski definition) is 3. The predicted molar refractivity (Wildman–Crippen MR) is 97.3 cm³/mol. The number of hydrogen-bond donors (Lipinski definition) is 0. The van der Waals surface area contributed by atoms with Crippen molar-refractivity contribution in [3.63, 3.8) is 0 Å². The van der Waals surface area contributed by atoms with Crippen LogP contribution in [0.3, 0.4) is 0 Å². The van der Waals surface area contributed by atoms with Crippen molar-refractivity contribution in [2.45, 2.75) is 36.5 Å². The molecule has 0 N–H and O–H groups in total. The van der Waals surface area contributed by atoms with Gasteiger partial charge in [0.25, 0.3) is 0 Å². The maximum absolute atomic E-state index is 12.4. The van der Waals surface area contributed by atoms with Gasteiger partial charge in [-0.2, -0.15) is 0 Å². The lowest BCUT2D eigenvalue weighted by atomic mass is 10.1. The first-order valence-electron chi connectivity index (χ1n) is 8.27. The number of aromatic nitrogens is 1. The summed E-state index contributed by atoms with van der Waals surface area (Å²) >= 11 is 1.92. The van der Waals surface area contributed by atoms with Gasteiger partial charge in [-0.05, 0) is 31.9 Å². The normalized spacial score (nSPS) is 15.5. The van der Waals surface area contributed by atoms with Crippen molar-refractivity contribution in [3.05, 3.63) is 64.6 Å². The van der Waals surface area contributed by atoms with Crippen molar-refractivity contribution in [3.8, 4) is 0 Å². The smallest absolute Gasteiger partial charge is 0.242 e. The number of likely N-dealkylation sites (tertiary alicyclic amines) is 1. The van der Waals surface area contributed by atoms with Crippen LogP contribution in [0.4, 0.5) is 0 Å². The molecule has 1 aromatic heterocycles. The highest BCUT2D eigenvalue weighted by Crippen LogP contribution is 2.30. The molecule has 5 heteroatoms. The SMILES string of the molecule is Cc1cccc(SC2CCN(C(=O)Cn3ccc(=O)cc3)CC2)c1. The second-order valence-corrected chi connectivity index (χ2v) is 7.59.